The predicted molar refractivity (Wildman–Crippen MR) is 98.8 cm³/mol. The topological polar surface area (TPSA) is 38.3 Å². The van der Waals surface area contributed by atoms with Crippen molar-refractivity contribution in [3.05, 3.63) is 56.6 Å². The number of anilines is 1. The van der Waals surface area contributed by atoms with Crippen LogP contribution in [0.25, 0.3) is 0 Å². The fraction of sp³-hybridized carbons (Fsp3) is 0.235. The second-order valence-electron chi connectivity index (χ2n) is 5.18. The molecule has 0 heterocycles. The van der Waals surface area contributed by atoms with Crippen LogP contribution in [-0.2, 0) is 4.79 Å². The van der Waals surface area contributed by atoms with E-state index in [0.29, 0.717) is 16.7 Å². The van der Waals surface area contributed by atoms with Crippen LogP contribution < -0.4 is 10.1 Å². The van der Waals surface area contributed by atoms with Crippen molar-refractivity contribution in [3.8, 4) is 5.75 Å². The van der Waals surface area contributed by atoms with E-state index >= 15 is 0 Å². The number of hydrogen-bond acceptors (Lipinski definition) is 2. The maximum atomic E-state index is 12.0. The number of amides is 1. The van der Waals surface area contributed by atoms with Gasteiger partial charge in [0.25, 0.3) is 5.91 Å². The van der Waals surface area contributed by atoms with E-state index in [1.807, 2.05) is 12.1 Å². The molecule has 0 bridgehead atoms. The van der Waals surface area contributed by atoms with Crippen LogP contribution in [0.4, 0.5) is 5.69 Å². The quantitative estimate of drug-likeness (QED) is 0.673. The molecule has 0 saturated carbocycles. The van der Waals surface area contributed by atoms with Crippen LogP contribution in [0.1, 0.15) is 25.3 Å². The van der Waals surface area contributed by atoms with E-state index < -0.39 is 0 Å². The van der Waals surface area contributed by atoms with Crippen LogP contribution in [-0.4, -0.2) is 12.5 Å². The number of carbonyl (C=O) groups excluding carboxylic acids is 1. The molecule has 0 saturated heterocycles. The lowest BCUT2D eigenvalue weighted by Gasteiger charge is -2.14. The molecule has 2 aromatic rings. The Bertz CT molecular complexity index is 656. The van der Waals surface area contributed by atoms with Crippen LogP contribution in [0, 0.1) is 3.57 Å². The number of halogens is 2. The summed E-state index contributed by atoms with van der Waals surface area (Å²) in [7, 11) is 0. The zero-order valence-electron chi connectivity index (χ0n) is 12.4. The first kappa shape index (κ1) is 17.1. The lowest BCUT2D eigenvalue weighted by molar-refractivity contribution is -0.118. The molecule has 1 amide bonds. The summed E-state index contributed by atoms with van der Waals surface area (Å²) in [5, 5.41) is 3.54. The Morgan fingerprint density at radius 2 is 1.91 bits per heavy atom. The molecule has 3 nitrogen and oxygen atoms in total. The number of carbonyl (C=O) groups is 1. The van der Waals surface area contributed by atoms with E-state index in [9.17, 15) is 4.79 Å². The van der Waals surface area contributed by atoms with Crippen LogP contribution in [0.3, 0.4) is 0 Å². The molecule has 0 spiro atoms. The Kier molecular flexibility index (Phi) is 6.08. The summed E-state index contributed by atoms with van der Waals surface area (Å²) in [4.78, 5) is 12.0. The van der Waals surface area contributed by atoms with Crippen molar-refractivity contribution in [2.45, 2.75) is 19.8 Å². The van der Waals surface area contributed by atoms with Gasteiger partial charge in [0.05, 0.1) is 0 Å². The summed E-state index contributed by atoms with van der Waals surface area (Å²) in [6.07, 6.45) is 0. The van der Waals surface area contributed by atoms with Crippen molar-refractivity contribution in [1.29, 1.82) is 0 Å². The summed E-state index contributed by atoms with van der Waals surface area (Å²) in [5.41, 5.74) is 1.95. The number of nitrogens with one attached hydrogen (secondary N) is 1. The lowest BCUT2D eigenvalue weighted by Crippen LogP contribution is -2.21. The van der Waals surface area contributed by atoms with Gasteiger partial charge in [-0.2, -0.15) is 0 Å². The smallest absolute Gasteiger partial charge is 0.262 e. The van der Waals surface area contributed by atoms with Gasteiger partial charge in [-0.1, -0.05) is 25.4 Å². The number of hydrogen-bond donors (Lipinski definition) is 1. The lowest BCUT2D eigenvalue weighted by atomic mass is 10.0. The van der Waals surface area contributed by atoms with Crippen molar-refractivity contribution in [1.82, 2.24) is 0 Å². The normalized spacial score (nSPS) is 10.6. The van der Waals surface area contributed by atoms with E-state index in [4.69, 9.17) is 16.3 Å². The standard InChI is InChI=1S/C17H17ClINO2/c1-11(2)15-9-13(19)5-8-16(15)20-17(21)10-22-14-6-3-12(18)4-7-14/h3-9,11H,10H2,1-2H3,(H,20,21). The van der Waals surface area contributed by atoms with Gasteiger partial charge in [0, 0.05) is 14.3 Å². The van der Waals surface area contributed by atoms with E-state index in [0.717, 1.165) is 14.8 Å². The predicted octanol–water partition coefficient (Wildman–Crippen LogP) is 5.09. The van der Waals surface area contributed by atoms with Crippen LogP contribution in [0.15, 0.2) is 42.5 Å². The van der Waals surface area contributed by atoms with Gasteiger partial charge < -0.3 is 10.1 Å². The number of ether oxygens (including phenoxy) is 1. The van der Waals surface area contributed by atoms with Crippen molar-refractivity contribution in [2.24, 2.45) is 0 Å². The van der Waals surface area contributed by atoms with Gasteiger partial charge >= 0.3 is 0 Å². The third-order valence-electron chi connectivity index (χ3n) is 3.09. The Hall–Kier alpha value is -1.27. The van der Waals surface area contributed by atoms with Crippen molar-refractivity contribution in [3.63, 3.8) is 0 Å². The average molecular weight is 430 g/mol. The molecular formula is C17H17ClINO2. The summed E-state index contributed by atoms with van der Waals surface area (Å²) < 4.78 is 6.60. The van der Waals surface area contributed by atoms with Gasteiger partial charge in [-0.15, -0.1) is 0 Å². The average Bonchev–Trinajstić information content (AvgIpc) is 2.48. The van der Waals surface area contributed by atoms with Gasteiger partial charge in [0.2, 0.25) is 0 Å². The van der Waals surface area contributed by atoms with Gasteiger partial charge in [0.1, 0.15) is 5.75 Å². The molecule has 2 rings (SSSR count). The first-order chi connectivity index (χ1) is 10.5. The molecule has 1 N–H and O–H groups in total. The Labute approximate surface area is 149 Å². The largest absolute Gasteiger partial charge is 0.484 e. The third kappa shape index (κ3) is 4.88. The van der Waals surface area contributed by atoms with Gasteiger partial charge in [-0.05, 0) is 76.5 Å². The molecule has 0 aliphatic rings. The maximum Gasteiger partial charge on any atom is 0.262 e. The highest BCUT2D eigenvalue weighted by Crippen LogP contribution is 2.26. The highest BCUT2D eigenvalue weighted by atomic mass is 127. The monoisotopic (exact) mass is 429 g/mol. The second kappa shape index (κ2) is 7.83. The summed E-state index contributed by atoms with van der Waals surface area (Å²) >= 11 is 8.07. The van der Waals surface area contributed by atoms with Crippen molar-refractivity contribution >= 4 is 45.8 Å². The van der Waals surface area contributed by atoms with E-state index in [1.165, 1.54) is 0 Å². The SMILES string of the molecule is CC(C)c1cc(I)ccc1NC(=O)COc1ccc(Cl)cc1. The highest BCUT2D eigenvalue weighted by molar-refractivity contribution is 14.1. The molecule has 0 radical (unpaired) electrons. The second-order valence-corrected chi connectivity index (χ2v) is 6.86. The zero-order valence-corrected chi connectivity index (χ0v) is 15.3. The summed E-state index contributed by atoms with van der Waals surface area (Å²) in [6, 6.07) is 12.9. The first-order valence-electron chi connectivity index (χ1n) is 6.93. The molecular weight excluding hydrogens is 413 g/mol. The number of rotatable bonds is 5. The summed E-state index contributed by atoms with van der Waals surface area (Å²) in [6.45, 7) is 4.17. The molecule has 5 heteroatoms. The van der Waals surface area contributed by atoms with Crippen LogP contribution >= 0.6 is 34.2 Å². The minimum atomic E-state index is -0.182. The maximum absolute atomic E-state index is 12.0. The van der Waals surface area contributed by atoms with Crippen molar-refractivity contribution in [2.75, 3.05) is 11.9 Å². The third-order valence-corrected chi connectivity index (χ3v) is 4.02. The Morgan fingerprint density at radius 1 is 1.23 bits per heavy atom. The van der Waals surface area contributed by atoms with E-state index in [2.05, 4.69) is 47.8 Å². The molecule has 22 heavy (non-hydrogen) atoms. The Balaban J connectivity index is 1.99. The minimum Gasteiger partial charge on any atom is -0.484 e. The van der Waals surface area contributed by atoms with Crippen molar-refractivity contribution < 1.29 is 9.53 Å². The van der Waals surface area contributed by atoms with E-state index in [1.54, 1.807) is 24.3 Å². The van der Waals surface area contributed by atoms with E-state index in [-0.39, 0.29) is 12.5 Å². The highest BCUT2D eigenvalue weighted by Gasteiger charge is 2.11. The van der Waals surface area contributed by atoms with Gasteiger partial charge in [-0.25, -0.2) is 0 Å². The molecule has 116 valence electrons. The minimum absolute atomic E-state index is 0.0366. The fourth-order valence-electron chi connectivity index (χ4n) is 1.99. The molecule has 0 fully saturated rings. The molecule has 0 unspecified atom stereocenters. The molecule has 0 atom stereocenters. The van der Waals surface area contributed by atoms with Gasteiger partial charge in [0.15, 0.2) is 6.61 Å². The molecule has 0 aliphatic carbocycles. The summed E-state index contributed by atoms with van der Waals surface area (Å²) in [5.74, 6) is 0.770. The first-order valence-corrected chi connectivity index (χ1v) is 8.39. The van der Waals surface area contributed by atoms with Crippen LogP contribution in [0.2, 0.25) is 5.02 Å². The zero-order chi connectivity index (χ0) is 16.1. The molecule has 0 aliphatic heterocycles. The molecule has 0 aromatic heterocycles. The van der Waals surface area contributed by atoms with Crippen LogP contribution in [0.5, 0.6) is 5.75 Å². The fourth-order valence-corrected chi connectivity index (χ4v) is 2.63. The number of benzene rings is 2. The Morgan fingerprint density at radius 3 is 2.55 bits per heavy atom. The molecule has 2 aromatic carbocycles. The van der Waals surface area contributed by atoms with Gasteiger partial charge in [-0.3, -0.25) is 4.79 Å².